The van der Waals surface area contributed by atoms with E-state index in [1.807, 2.05) is 0 Å². The molecule has 0 spiro atoms. The lowest BCUT2D eigenvalue weighted by Crippen LogP contribution is -2.52. The molecule has 0 radical (unpaired) electrons. The van der Waals surface area contributed by atoms with Crippen LogP contribution in [-0.2, 0) is 0 Å². The van der Waals surface area contributed by atoms with Crippen molar-refractivity contribution in [3.05, 3.63) is 0 Å². The standard InChI is InChI=1S/C10H21N3/c1-9(11)7-12-5-6-13-4-2-3-10(13)8-12/h9-10H,2-8,11H2,1H3/t9-,10?/m1/s1. The molecule has 2 aliphatic rings. The number of hydrogen-bond acceptors (Lipinski definition) is 3. The first-order valence-corrected chi connectivity index (χ1v) is 5.47. The van der Waals surface area contributed by atoms with E-state index in [2.05, 4.69) is 16.7 Å². The third-order valence-corrected chi connectivity index (χ3v) is 3.22. The molecule has 2 heterocycles. The summed E-state index contributed by atoms with van der Waals surface area (Å²) in [7, 11) is 0. The van der Waals surface area contributed by atoms with E-state index >= 15 is 0 Å². The van der Waals surface area contributed by atoms with Crippen LogP contribution >= 0.6 is 0 Å². The van der Waals surface area contributed by atoms with Crippen LogP contribution in [0.1, 0.15) is 19.8 Å². The maximum absolute atomic E-state index is 5.81. The molecule has 0 amide bonds. The van der Waals surface area contributed by atoms with Gasteiger partial charge in [0.1, 0.15) is 0 Å². The van der Waals surface area contributed by atoms with Crippen LogP contribution in [0, 0.1) is 0 Å². The van der Waals surface area contributed by atoms with Gasteiger partial charge in [-0.2, -0.15) is 0 Å². The monoisotopic (exact) mass is 183 g/mol. The van der Waals surface area contributed by atoms with Gasteiger partial charge in [0.25, 0.3) is 0 Å². The second kappa shape index (κ2) is 3.95. The number of piperazine rings is 1. The van der Waals surface area contributed by atoms with Crippen molar-refractivity contribution in [2.24, 2.45) is 5.73 Å². The van der Waals surface area contributed by atoms with E-state index < -0.39 is 0 Å². The van der Waals surface area contributed by atoms with Crippen LogP contribution in [0.5, 0.6) is 0 Å². The van der Waals surface area contributed by atoms with E-state index in [1.165, 1.54) is 39.0 Å². The molecule has 2 rings (SSSR count). The van der Waals surface area contributed by atoms with Gasteiger partial charge < -0.3 is 5.73 Å². The first kappa shape index (κ1) is 9.44. The summed E-state index contributed by atoms with van der Waals surface area (Å²) >= 11 is 0. The Hall–Kier alpha value is -0.120. The lowest BCUT2D eigenvalue weighted by atomic mass is 10.1. The van der Waals surface area contributed by atoms with Crippen molar-refractivity contribution in [1.29, 1.82) is 0 Å². The summed E-state index contributed by atoms with van der Waals surface area (Å²) in [5.74, 6) is 0. The predicted octanol–water partition coefficient (Wildman–Crippen LogP) is 0.114. The van der Waals surface area contributed by atoms with Crippen molar-refractivity contribution in [3.8, 4) is 0 Å². The van der Waals surface area contributed by atoms with Gasteiger partial charge in [-0.05, 0) is 26.3 Å². The van der Waals surface area contributed by atoms with Crippen molar-refractivity contribution in [2.45, 2.75) is 31.8 Å². The van der Waals surface area contributed by atoms with Crippen LogP contribution in [0.4, 0.5) is 0 Å². The van der Waals surface area contributed by atoms with Crippen molar-refractivity contribution < 1.29 is 0 Å². The molecule has 0 aromatic carbocycles. The van der Waals surface area contributed by atoms with Crippen LogP contribution in [-0.4, -0.2) is 54.6 Å². The highest BCUT2D eigenvalue weighted by molar-refractivity contribution is 4.87. The van der Waals surface area contributed by atoms with Gasteiger partial charge in [-0.1, -0.05) is 0 Å². The molecular weight excluding hydrogens is 162 g/mol. The SMILES string of the molecule is C[C@@H](N)CN1CCN2CCCC2C1. The molecule has 2 fully saturated rings. The van der Waals surface area contributed by atoms with E-state index in [9.17, 15) is 0 Å². The Morgan fingerprint density at radius 3 is 3.00 bits per heavy atom. The number of fused-ring (bicyclic) bond motifs is 1. The highest BCUT2D eigenvalue weighted by Gasteiger charge is 2.30. The molecule has 2 atom stereocenters. The second-order valence-corrected chi connectivity index (χ2v) is 4.57. The molecule has 76 valence electrons. The van der Waals surface area contributed by atoms with Gasteiger partial charge in [0.05, 0.1) is 0 Å². The van der Waals surface area contributed by atoms with Crippen LogP contribution in [0.2, 0.25) is 0 Å². The fourth-order valence-corrected chi connectivity index (χ4v) is 2.63. The average molecular weight is 183 g/mol. The minimum absolute atomic E-state index is 0.327. The van der Waals surface area contributed by atoms with Gasteiger partial charge in [0.15, 0.2) is 0 Å². The number of rotatable bonds is 2. The van der Waals surface area contributed by atoms with Crippen molar-refractivity contribution >= 4 is 0 Å². The quantitative estimate of drug-likeness (QED) is 0.660. The molecule has 3 nitrogen and oxygen atoms in total. The summed E-state index contributed by atoms with van der Waals surface area (Å²) in [5, 5.41) is 0. The maximum Gasteiger partial charge on any atom is 0.0224 e. The molecule has 13 heavy (non-hydrogen) atoms. The predicted molar refractivity (Wildman–Crippen MR) is 54.7 cm³/mol. The number of nitrogens with zero attached hydrogens (tertiary/aromatic N) is 2. The molecule has 1 unspecified atom stereocenters. The zero-order valence-corrected chi connectivity index (χ0v) is 8.58. The largest absolute Gasteiger partial charge is 0.327 e. The fraction of sp³-hybridized carbons (Fsp3) is 1.00. The smallest absolute Gasteiger partial charge is 0.0224 e. The van der Waals surface area contributed by atoms with E-state index in [0.717, 1.165) is 12.6 Å². The minimum atomic E-state index is 0.327. The maximum atomic E-state index is 5.81. The fourth-order valence-electron chi connectivity index (χ4n) is 2.63. The Kier molecular flexibility index (Phi) is 2.86. The van der Waals surface area contributed by atoms with Crippen molar-refractivity contribution in [3.63, 3.8) is 0 Å². The van der Waals surface area contributed by atoms with Gasteiger partial charge in [0, 0.05) is 38.3 Å². The average Bonchev–Trinajstić information content (AvgIpc) is 2.49. The Morgan fingerprint density at radius 2 is 2.23 bits per heavy atom. The van der Waals surface area contributed by atoms with Crippen LogP contribution in [0.15, 0.2) is 0 Å². The highest BCUT2D eigenvalue weighted by Crippen LogP contribution is 2.21. The third-order valence-electron chi connectivity index (χ3n) is 3.22. The van der Waals surface area contributed by atoms with Gasteiger partial charge in [-0.25, -0.2) is 0 Å². The van der Waals surface area contributed by atoms with Crippen molar-refractivity contribution in [2.75, 3.05) is 32.7 Å². The summed E-state index contributed by atoms with van der Waals surface area (Å²) in [6.45, 7) is 8.24. The zero-order chi connectivity index (χ0) is 9.26. The summed E-state index contributed by atoms with van der Waals surface area (Å²) in [4.78, 5) is 5.16. The van der Waals surface area contributed by atoms with Crippen LogP contribution in [0.25, 0.3) is 0 Å². The summed E-state index contributed by atoms with van der Waals surface area (Å²) < 4.78 is 0. The number of nitrogens with two attached hydrogens (primary N) is 1. The van der Waals surface area contributed by atoms with E-state index in [1.54, 1.807) is 0 Å². The Balaban J connectivity index is 1.83. The first-order chi connectivity index (χ1) is 6.25. The topological polar surface area (TPSA) is 32.5 Å². The Labute approximate surface area is 80.9 Å². The Morgan fingerprint density at radius 1 is 1.38 bits per heavy atom. The third kappa shape index (κ3) is 2.22. The van der Waals surface area contributed by atoms with Gasteiger partial charge in [-0.3, -0.25) is 9.80 Å². The second-order valence-electron chi connectivity index (χ2n) is 4.57. The molecule has 0 aromatic heterocycles. The molecule has 2 aliphatic heterocycles. The Bertz CT molecular complexity index is 170. The normalized spacial score (nSPS) is 33.2. The van der Waals surface area contributed by atoms with Crippen molar-refractivity contribution in [1.82, 2.24) is 9.80 Å². The van der Waals surface area contributed by atoms with Gasteiger partial charge in [0.2, 0.25) is 0 Å². The summed E-state index contributed by atoms with van der Waals surface area (Å²) in [6, 6.07) is 1.17. The van der Waals surface area contributed by atoms with Crippen LogP contribution in [0.3, 0.4) is 0 Å². The molecular formula is C10H21N3. The minimum Gasteiger partial charge on any atom is -0.327 e. The number of hydrogen-bond donors (Lipinski definition) is 1. The zero-order valence-electron chi connectivity index (χ0n) is 8.58. The molecule has 0 saturated carbocycles. The van der Waals surface area contributed by atoms with E-state index in [-0.39, 0.29) is 0 Å². The lowest BCUT2D eigenvalue weighted by molar-refractivity contribution is 0.101. The first-order valence-electron chi connectivity index (χ1n) is 5.47. The molecule has 0 bridgehead atoms. The van der Waals surface area contributed by atoms with E-state index in [4.69, 9.17) is 5.73 Å². The molecule has 0 aromatic rings. The van der Waals surface area contributed by atoms with Crippen LogP contribution < -0.4 is 5.73 Å². The molecule has 2 saturated heterocycles. The highest BCUT2D eigenvalue weighted by atomic mass is 15.3. The van der Waals surface area contributed by atoms with Gasteiger partial charge in [-0.15, -0.1) is 0 Å². The molecule has 0 aliphatic carbocycles. The molecule has 3 heteroatoms. The summed E-state index contributed by atoms with van der Waals surface area (Å²) in [5.41, 5.74) is 5.81. The van der Waals surface area contributed by atoms with E-state index in [0.29, 0.717) is 6.04 Å². The summed E-state index contributed by atoms with van der Waals surface area (Å²) in [6.07, 6.45) is 2.80. The lowest BCUT2D eigenvalue weighted by Gasteiger charge is -2.38. The van der Waals surface area contributed by atoms with Gasteiger partial charge >= 0.3 is 0 Å². The molecule has 2 N–H and O–H groups in total.